The van der Waals surface area contributed by atoms with Gasteiger partial charge in [0.2, 0.25) is 10.0 Å². The monoisotopic (exact) mass is 310 g/mol. The van der Waals surface area contributed by atoms with Crippen LogP contribution >= 0.6 is 11.3 Å². The van der Waals surface area contributed by atoms with Crippen molar-refractivity contribution in [2.24, 2.45) is 0 Å². The van der Waals surface area contributed by atoms with Gasteiger partial charge in [-0.15, -0.1) is 11.3 Å². The van der Waals surface area contributed by atoms with Crippen molar-refractivity contribution in [2.45, 2.75) is 13.1 Å². The molecule has 2 N–H and O–H groups in total. The van der Waals surface area contributed by atoms with E-state index in [0.717, 1.165) is 5.56 Å². The van der Waals surface area contributed by atoms with Crippen LogP contribution in [-0.2, 0) is 23.1 Å². The second kappa shape index (κ2) is 7.54. The Morgan fingerprint density at radius 1 is 1.00 bits per heavy atom. The molecule has 0 aliphatic rings. The Kier molecular flexibility index (Phi) is 5.72. The average molecular weight is 310 g/mol. The normalized spacial score (nSPS) is 11.6. The predicted molar refractivity (Wildman–Crippen MR) is 83.1 cm³/mol. The smallest absolute Gasteiger partial charge is 0.213 e. The van der Waals surface area contributed by atoms with Crippen molar-refractivity contribution in [3.05, 3.63) is 58.3 Å². The minimum Gasteiger partial charge on any atom is -0.311 e. The average Bonchev–Trinajstić information content (AvgIpc) is 2.96. The summed E-state index contributed by atoms with van der Waals surface area (Å²) in [7, 11) is -3.23. The number of sulfonamides is 1. The van der Waals surface area contributed by atoms with Crippen LogP contribution in [0, 0.1) is 0 Å². The molecule has 6 heteroatoms. The maximum Gasteiger partial charge on any atom is 0.213 e. The van der Waals surface area contributed by atoms with Gasteiger partial charge in [-0.25, -0.2) is 13.1 Å². The molecule has 4 nitrogen and oxygen atoms in total. The summed E-state index contributed by atoms with van der Waals surface area (Å²) in [5.41, 5.74) is 0.961. The molecule has 0 aliphatic heterocycles. The Bertz CT molecular complexity index is 595. The van der Waals surface area contributed by atoms with E-state index < -0.39 is 10.0 Å². The van der Waals surface area contributed by atoms with Crippen molar-refractivity contribution in [3.8, 4) is 0 Å². The summed E-state index contributed by atoms with van der Waals surface area (Å²) in [5.74, 6) is 0.0885. The Balaban J connectivity index is 1.68. The third-order valence-corrected chi connectivity index (χ3v) is 4.97. The first kappa shape index (κ1) is 15.2. The van der Waals surface area contributed by atoms with Crippen molar-refractivity contribution < 1.29 is 8.42 Å². The highest BCUT2D eigenvalue weighted by Gasteiger charge is 2.09. The maximum absolute atomic E-state index is 11.8. The lowest BCUT2D eigenvalue weighted by molar-refractivity contribution is 0.576. The van der Waals surface area contributed by atoms with Gasteiger partial charge in [-0.05, 0) is 17.0 Å². The van der Waals surface area contributed by atoms with Crippen molar-refractivity contribution in [1.82, 2.24) is 10.0 Å². The van der Waals surface area contributed by atoms with E-state index in [4.69, 9.17) is 0 Å². The van der Waals surface area contributed by atoms with Crippen molar-refractivity contribution in [1.29, 1.82) is 0 Å². The molecule has 20 heavy (non-hydrogen) atoms. The topological polar surface area (TPSA) is 58.2 Å². The van der Waals surface area contributed by atoms with E-state index in [2.05, 4.69) is 10.0 Å². The molecule has 2 rings (SSSR count). The molecule has 0 amide bonds. The summed E-state index contributed by atoms with van der Waals surface area (Å²) in [6.07, 6.45) is 0. The summed E-state index contributed by atoms with van der Waals surface area (Å²) in [4.78, 5) is 1.21. The van der Waals surface area contributed by atoms with Crippen LogP contribution in [0.25, 0.3) is 0 Å². The third-order valence-electron chi connectivity index (χ3n) is 2.77. The van der Waals surface area contributed by atoms with Crippen LogP contribution in [0.3, 0.4) is 0 Å². The minimum atomic E-state index is -3.23. The van der Waals surface area contributed by atoms with Crippen molar-refractivity contribution >= 4 is 21.4 Å². The molecule has 0 saturated carbocycles. The van der Waals surface area contributed by atoms with Gasteiger partial charge >= 0.3 is 0 Å². The zero-order valence-electron chi connectivity index (χ0n) is 11.1. The van der Waals surface area contributed by atoms with Crippen LogP contribution < -0.4 is 10.0 Å². The Labute approximate surface area is 123 Å². The Morgan fingerprint density at radius 2 is 1.80 bits per heavy atom. The van der Waals surface area contributed by atoms with Crippen LogP contribution in [0.4, 0.5) is 0 Å². The molecule has 1 aromatic carbocycles. The first-order valence-corrected chi connectivity index (χ1v) is 8.93. The molecule has 0 spiro atoms. The number of hydrogen-bond donors (Lipinski definition) is 2. The highest BCUT2D eigenvalue weighted by molar-refractivity contribution is 7.89. The summed E-state index contributed by atoms with van der Waals surface area (Å²) >= 11 is 1.66. The number of rotatable bonds is 8. The van der Waals surface area contributed by atoms with Gasteiger partial charge in [-0.2, -0.15) is 0 Å². The summed E-state index contributed by atoms with van der Waals surface area (Å²) in [6.45, 7) is 1.50. The summed E-state index contributed by atoms with van der Waals surface area (Å²) in [6, 6.07) is 13.5. The van der Waals surface area contributed by atoms with Crippen LogP contribution in [0.1, 0.15) is 10.4 Å². The van der Waals surface area contributed by atoms with E-state index in [-0.39, 0.29) is 5.75 Å². The minimum absolute atomic E-state index is 0.0885. The fraction of sp³-hybridized carbons (Fsp3) is 0.286. The first-order chi connectivity index (χ1) is 9.66. The van der Waals surface area contributed by atoms with E-state index in [0.29, 0.717) is 19.6 Å². The molecule has 0 bridgehead atoms. The quantitative estimate of drug-likeness (QED) is 0.733. The molecule has 2 aromatic rings. The third kappa shape index (κ3) is 5.42. The van der Waals surface area contributed by atoms with Gasteiger partial charge in [0, 0.05) is 24.5 Å². The van der Waals surface area contributed by atoms with Crippen LogP contribution in [-0.4, -0.2) is 20.7 Å². The lowest BCUT2D eigenvalue weighted by Gasteiger charge is -2.07. The maximum atomic E-state index is 11.8. The lowest BCUT2D eigenvalue weighted by atomic mass is 10.2. The summed E-state index contributed by atoms with van der Waals surface area (Å²) in [5, 5.41) is 5.14. The molecule has 0 unspecified atom stereocenters. The molecule has 0 atom stereocenters. The number of hydrogen-bond acceptors (Lipinski definition) is 4. The van der Waals surface area contributed by atoms with Crippen molar-refractivity contribution in [3.63, 3.8) is 0 Å². The Hall–Kier alpha value is -1.21. The second-order valence-corrected chi connectivity index (χ2v) is 7.34. The van der Waals surface area contributed by atoms with Crippen molar-refractivity contribution in [2.75, 3.05) is 12.3 Å². The molecule has 0 radical (unpaired) electrons. The standard InChI is InChI=1S/C14H18N2O2S2/c17-20(18,16-11-13-5-2-1-3-6-13)10-8-15-12-14-7-4-9-19-14/h1-7,9,15-16H,8,10-12H2. The van der Waals surface area contributed by atoms with Gasteiger partial charge in [0.1, 0.15) is 0 Å². The van der Waals surface area contributed by atoms with E-state index in [1.54, 1.807) is 11.3 Å². The predicted octanol–water partition coefficient (Wildman–Crippen LogP) is 1.96. The van der Waals surface area contributed by atoms with Gasteiger partial charge in [0.05, 0.1) is 5.75 Å². The Morgan fingerprint density at radius 3 is 2.50 bits per heavy atom. The lowest BCUT2D eigenvalue weighted by Crippen LogP contribution is -2.31. The molecule has 0 saturated heterocycles. The number of benzene rings is 1. The molecule has 108 valence electrons. The molecule has 1 aromatic heterocycles. The van der Waals surface area contributed by atoms with E-state index in [1.165, 1.54) is 4.88 Å². The van der Waals surface area contributed by atoms with E-state index in [9.17, 15) is 8.42 Å². The molecule has 0 aliphatic carbocycles. The van der Waals surface area contributed by atoms with E-state index in [1.807, 2.05) is 47.8 Å². The van der Waals surface area contributed by atoms with Gasteiger partial charge in [0.15, 0.2) is 0 Å². The first-order valence-electron chi connectivity index (χ1n) is 6.40. The highest BCUT2D eigenvalue weighted by Crippen LogP contribution is 2.07. The zero-order chi connectivity index (χ0) is 14.3. The number of thiophene rings is 1. The largest absolute Gasteiger partial charge is 0.311 e. The highest BCUT2D eigenvalue weighted by atomic mass is 32.2. The molecular weight excluding hydrogens is 292 g/mol. The van der Waals surface area contributed by atoms with E-state index >= 15 is 0 Å². The molecular formula is C14H18N2O2S2. The molecule has 0 fully saturated rings. The van der Waals surface area contributed by atoms with Gasteiger partial charge in [-0.3, -0.25) is 0 Å². The molecule has 1 heterocycles. The van der Waals surface area contributed by atoms with Crippen LogP contribution in [0.15, 0.2) is 47.8 Å². The van der Waals surface area contributed by atoms with Crippen LogP contribution in [0.2, 0.25) is 0 Å². The fourth-order valence-electron chi connectivity index (χ4n) is 1.69. The fourth-order valence-corrected chi connectivity index (χ4v) is 3.31. The van der Waals surface area contributed by atoms with Crippen LogP contribution in [0.5, 0.6) is 0 Å². The van der Waals surface area contributed by atoms with Gasteiger partial charge in [0.25, 0.3) is 0 Å². The number of nitrogens with one attached hydrogen (secondary N) is 2. The van der Waals surface area contributed by atoms with Gasteiger partial charge in [-0.1, -0.05) is 36.4 Å². The summed E-state index contributed by atoms with van der Waals surface area (Å²) < 4.78 is 26.2. The van der Waals surface area contributed by atoms with Gasteiger partial charge < -0.3 is 5.32 Å². The SMILES string of the molecule is O=S(=O)(CCNCc1cccs1)NCc1ccccc1. The zero-order valence-corrected chi connectivity index (χ0v) is 12.7. The second-order valence-electron chi connectivity index (χ2n) is 4.38.